The van der Waals surface area contributed by atoms with E-state index < -0.39 is 57.5 Å². The third-order valence-corrected chi connectivity index (χ3v) is 4.57. The summed E-state index contributed by atoms with van der Waals surface area (Å²) in [6.45, 7) is 13.6. The first-order valence-electron chi connectivity index (χ1n) is 9.33. The zero-order valence-corrected chi connectivity index (χ0v) is 17.6. The minimum absolute atomic E-state index is 0.0863. The van der Waals surface area contributed by atoms with Crippen LogP contribution in [0.3, 0.4) is 0 Å². The van der Waals surface area contributed by atoms with Crippen LogP contribution in [-0.4, -0.2) is 29.7 Å². The molecular formula is C25H16O9-2. The van der Waals surface area contributed by atoms with Gasteiger partial charge in [-0.3, -0.25) is 4.79 Å². The van der Waals surface area contributed by atoms with Gasteiger partial charge in [0.05, 0.1) is 35.6 Å². The van der Waals surface area contributed by atoms with Gasteiger partial charge in [-0.05, 0) is 23.3 Å². The fourth-order valence-electron chi connectivity index (χ4n) is 3.15. The molecule has 0 aromatic heterocycles. The molecule has 0 amide bonds. The highest BCUT2D eigenvalue weighted by molar-refractivity contribution is 6.21. The molecule has 0 fully saturated rings. The number of aromatic carboxylic acids is 2. The number of benzene rings is 2. The number of carboxylic acids is 2. The average molecular weight is 460 g/mol. The van der Waals surface area contributed by atoms with Crippen LogP contribution in [0.2, 0.25) is 0 Å². The van der Waals surface area contributed by atoms with E-state index >= 15 is 0 Å². The molecule has 2 aromatic rings. The lowest BCUT2D eigenvalue weighted by Crippen LogP contribution is -2.33. The summed E-state index contributed by atoms with van der Waals surface area (Å²) in [5.74, 6) is -8.04. The van der Waals surface area contributed by atoms with E-state index in [0.717, 1.165) is 0 Å². The summed E-state index contributed by atoms with van der Waals surface area (Å²) in [6, 6.07) is 4.76. The van der Waals surface area contributed by atoms with Gasteiger partial charge in [0.25, 0.3) is 0 Å². The van der Waals surface area contributed by atoms with Gasteiger partial charge in [-0.1, -0.05) is 50.6 Å². The number of rotatable bonds is 10. The van der Waals surface area contributed by atoms with E-state index in [1.54, 1.807) is 0 Å². The Kier molecular flexibility index (Phi) is 7.79. The second kappa shape index (κ2) is 10.5. The van der Waals surface area contributed by atoms with E-state index in [2.05, 4.69) is 35.8 Å². The van der Waals surface area contributed by atoms with Crippen molar-refractivity contribution in [1.82, 2.24) is 0 Å². The van der Waals surface area contributed by atoms with Crippen LogP contribution in [-0.2, 0) is 9.47 Å². The van der Waals surface area contributed by atoms with E-state index in [0.29, 0.717) is 29.7 Å². The first-order valence-corrected chi connectivity index (χ1v) is 9.33. The molecule has 0 aliphatic rings. The molecule has 2 aromatic carbocycles. The normalized spacial score (nSPS) is 9.88. The first-order chi connectivity index (χ1) is 16.1. The SMILES string of the molecule is C=COC(=O)c1c(C(=O)[O-])cc(C(=O)c2ccc(C=C)c(C=C)c2)c(C(=O)[O-])c1C(=O)OC=C. The van der Waals surface area contributed by atoms with Crippen molar-refractivity contribution in [2.45, 2.75) is 0 Å². The molecule has 0 saturated carbocycles. The summed E-state index contributed by atoms with van der Waals surface area (Å²) < 4.78 is 9.13. The molecule has 0 bridgehead atoms. The fourth-order valence-corrected chi connectivity index (χ4v) is 3.15. The highest BCUT2D eigenvalue weighted by atomic mass is 16.5. The van der Waals surface area contributed by atoms with Crippen LogP contribution in [0, 0.1) is 0 Å². The number of ether oxygens (including phenoxy) is 2. The Morgan fingerprint density at radius 1 is 0.676 bits per heavy atom. The number of hydrogen-bond donors (Lipinski definition) is 0. The quantitative estimate of drug-likeness (QED) is 0.292. The van der Waals surface area contributed by atoms with Crippen LogP contribution in [0.4, 0.5) is 0 Å². The summed E-state index contributed by atoms with van der Waals surface area (Å²) in [4.78, 5) is 62.2. The van der Waals surface area contributed by atoms with Crippen molar-refractivity contribution in [2.75, 3.05) is 0 Å². The van der Waals surface area contributed by atoms with Crippen LogP contribution < -0.4 is 10.2 Å². The van der Waals surface area contributed by atoms with E-state index in [-0.39, 0.29) is 5.56 Å². The summed E-state index contributed by atoms with van der Waals surface area (Å²) in [7, 11) is 0. The van der Waals surface area contributed by atoms with E-state index in [1.807, 2.05) is 0 Å². The number of carbonyl (C=O) groups is 5. The predicted octanol–water partition coefficient (Wildman–Crippen LogP) is 1.53. The molecule has 0 spiro atoms. The molecule has 0 aliphatic heterocycles. The number of carbonyl (C=O) groups excluding carboxylic acids is 5. The maximum atomic E-state index is 13.3. The Hall–Kier alpha value is -5.05. The van der Waals surface area contributed by atoms with Gasteiger partial charge in [0.15, 0.2) is 5.78 Å². The molecule has 172 valence electrons. The Bertz CT molecular complexity index is 1280. The van der Waals surface area contributed by atoms with Gasteiger partial charge >= 0.3 is 11.9 Å². The Morgan fingerprint density at radius 2 is 1.24 bits per heavy atom. The Labute approximate surface area is 193 Å². The van der Waals surface area contributed by atoms with Crippen molar-refractivity contribution in [3.8, 4) is 0 Å². The minimum Gasteiger partial charge on any atom is -0.545 e. The maximum Gasteiger partial charge on any atom is 0.344 e. The van der Waals surface area contributed by atoms with Crippen LogP contribution in [0.15, 0.2) is 63.1 Å². The van der Waals surface area contributed by atoms with Crippen molar-refractivity contribution in [3.63, 3.8) is 0 Å². The molecule has 0 unspecified atom stereocenters. The maximum absolute atomic E-state index is 13.3. The molecule has 0 saturated heterocycles. The highest BCUT2D eigenvalue weighted by Crippen LogP contribution is 2.28. The second-order valence-corrected chi connectivity index (χ2v) is 6.40. The largest absolute Gasteiger partial charge is 0.545 e. The Balaban J connectivity index is 3.02. The van der Waals surface area contributed by atoms with Crippen LogP contribution in [0.5, 0.6) is 0 Å². The van der Waals surface area contributed by atoms with Gasteiger partial charge in [0.2, 0.25) is 0 Å². The molecular weight excluding hydrogens is 444 g/mol. The van der Waals surface area contributed by atoms with Crippen molar-refractivity contribution in [3.05, 3.63) is 108 Å². The monoisotopic (exact) mass is 460 g/mol. The lowest BCUT2D eigenvalue weighted by Gasteiger charge is -2.20. The van der Waals surface area contributed by atoms with E-state index in [4.69, 9.17) is 0 Å². The fraction of sp³-hybridized carbons (Fsp3) is 0. The molecule has 0 heterocycles. The number of ketones is 1. The summed E-state index contributed by atoms with van der Waals surface area (Å²) in [5, 5.41) is 23.9. The van der Waals surface area contributed by atoms with Crippen molar-refractivity contribution in [2.24, 2.45) is 0 Å². The van der Waals surface area contributed by atoms with Crippen LogP contribution >= 0.6 is 0 Å². The first kappa shape index (κ1) is 25.2. The average Bonchev–Trinajstić information content (AvgIpc) is 2.81. The van der Waals surface area contributed by atoms with Gasteiger partial charge in [0.1, 0.15) is 0 Å². The second-order valence-electron chi connectivity index (χ2n) is 6.40. The zero-order valence-electron chi connectivity index (χ0n) is 17.6. The third kappa shape index (κ3) is 4.73. The lowest BCUT2D eigenvalue weighted by atomic mass is 9.87. The Morgan fingerprint density at radius 3 is 1.71 bits per heavy atom. The molecule has 0 aliphatic carbocycles. The van der Waals surface area contributed by atoms with E-state index in [9.17, 15) is 34.2 Å². The van der Waals surface area contributed by atoms with Gasteiger partial charge in [-0.2, -0.15) is 0 Å². The van der Waals surface area contributed by atoms with Crippen LogP contribution in [0.25, 0.3) is 12.2 Å². The molecule has 2 rings (SSSR count). The van der Waals surface area contributed by atoms with Gasteiger partial charge in [-0.15, -0.1) is 0 Å². The minimum atomic E-state index is -2.07. The summed E-state index contributed by atoms with van der Waals surface area (Å²) >= 11 is 0. The molecule has 0 atom stereocenters. The topological polar surface area (TPSA) is 150 Å². The summed E-state index contributed by atoms with van der Waals surface area (Å²) in [5.41, 5.74) is -4.00. The zero-order chi connectivity index (χ0) is 25.6. The molecule has 0 radical (unpaired) electrons. The number of carboxylic acid groups (broad SMARTS) is 2. The molecule has 34 heavy (non-hydrogen) atoms. The van der Waals surface area contributed by atoms with Crippen molar-refractivity contribution in [1.29, 1.82) is 0 Å². The number of hydrogen-bond acceptors (Lipinski definition) is 9. The lowest BCUT2D eigenvalue weighted by molar-refractivity contribution is -0.256. The van der Waals surface area contributed by atoms with Crippen molar-refractivity contribution >= 4 is 41.8 Å². The van der Waals surface area contributed by atoms with Gasteiger partial charge in [-0.25, -0.2) is 9.59 Å². The van der Waals surface area contributed by atoms with E-state index in [1.165, 1.54) is 30.4 Å². The standard InChI is InChI=1S/C25H18O9/c1-5-13-9-10-15(11-14(13)6-2)21(26)16-12-17(22(27)28)19(24(31)33-7-3)20(18(16)23(29)30)25(32)34-8-4/h5-12H,1-4H2,(H,27,28)(H,29,30)/p-2. The number of esters is 2. The van der Waals surface area contributed by atoms with Crippen molar-refractivity contribution < 1.29 is 43.7 Å². The summed E-state index contributed by atoms with van der Waals surface area (Å²) in [6.07, 6.45) is 4.15. The highest BCUT2D eigenvalue weighted by Gasteiger charge is 2.32. The third-order valence-electron chi connectivity index (χ3n) is 4.57. The molecule has 0 N–H and O–H groups in total. The van der Waals surface area contributed by atoms with Gasteiger partial charge < -0.3 is 29.3 Å². The van der Waals surface area contributed by atoms with Crippen LogP contribution in [0.1, 0.15) is 68.5 Å². The predicted molar refractivity (Wildman–Crippen MR) is 116 cm³/mol. The molecule has 9 heteroatoms. The smallest absolute Gasteiger partial charge is 0.344 e. The molecule has 9 nitrogen and oxygen atoms in total. The van der Waals surface area contributed by atoms with Gasteiger partial charge in [0, 0.05) is 22.3 Å².